The normalized spacial score (nSPS) is 10.7. The molecule has 0 saturated heterocycles. The summed E-state index contributed by atoms with van der Waals surface area (Å²) in [6, 6.07) is 19.4. The van der Waals surface area contributed by atoms with E-state index in [1.54, 1.807) is 0 Å². The van der Waals surface area contributed by atoms with Crippen LogP contribution < -0.4 is 0 Å². The maximum atomic E-state index is 8.76. The lowest BCUT2D eigenvalue weighted by Gasteiger charge is -2.03. The smallest absolute Gasteiger partial charge is 0.0991 e. The highest BCUT2D eigenvalue weighted by Crippen LogP contribution is 2.13. The maximum Gasteiger partial charge on any atom is 0.0991 e. The second kappa shape index (κ2) is 6.36. The van der Waals surface area contributed by atoms with Crippen molar-refractivity contribution in [3.8, 4) is 12.1 Å². The molecular weight excluding hydrogens is 244 g/mol. The lowest BCUT2D eigenvalue weighted by atomic mass is 10.0. The molecule has 2 heteroatoms. The largest absolute Gasteiger partial charge is 0.192 e. The molecule has 0 aliphatic heterocycles. The summed E-state index contributed by atoms with van der Waals surface area (Å²) in [7, 11) is 0. The summed E-state index contributed by atoms with van der Waals surface area (Å²) in [4.78, 5) is 0. The number of hydrogen-bond acceptors (Lipinski definition) is 2. The molecule has 20 heavy (non-hydrogen) atoms. The van der Waals surface area contributed by atoms with Crippen molar-refractivity contribution < 1.29 is 0 Å². The van der Waals surface area contributed by atoms with Crippen molar-refractivity contribution in [3.63, 3.8) is 0 Å². The van der Waals surface area contributed by atoms with Crippen LogP contribution in [0.5, 0.6) is 0 Å². The van der Waals surface area contributed by atoms with Gasteiger partial charge in [0.25, 0.3) is 0 Å². The van der Waals surface area contributed by atoms with Crippen LogP contribution in [0.3, 0.4) is 0 Å². The van der Waals surface area contributed by atoms with E-state index in [1.807, 2.05) is 48.5 Å². The van der Waals surface area contributed by atoms with Gasteiger partial charge in [0.2, 0.25) is 0 Å². The van der Waals surface area contributed by atoms with Gasteiger partial charge in [-0.3, -0.25) is 0 Å². The highest BCUT2D eigenvalue weighted by Gasteiger charge is 1.97. The molecule has 0 aliphatic rings. The Morgan fingerprint density at radius 3 is 1.90 bits per heavy atom. The molecule has 2 aromatic rings. The van der Waals surface area contributed by atoms with Gasteiger partial charge < -0.3 is 0 Å². The monoisotopic (exact) mass is 258 g/mol. The number of hydrogen-bond donors (Lipinski definition) is 0. The molecular formula is C18H14N2. The number of allylic oxidation sites excluding steroid dienone is 1. The highest BCUT2D eigenvalue weighted by atomic mass is 14.2. The predicted octanol–water partition coefficient (Wildman–Crippen LogP) is 4.08. The number of rotatable bonds is 3. The summed E-state index contributed by atoms with van der Waals surface area (Å²) >= 11 is 0. The van der Waals surface area contributed by atoms with Gasteiger partial charge in [0, 0.05) is 0 Å². The molecule has 0 heterocycles. The molecule has 0 bridgehead atoms. The van der Waals surface area contributed by atoms with Gasteiger partial charge in [-0.25, -0.2) is 0 Å². The van der Waals surface area contributed by atoms with E-state index in [2.05, 4.69) is 25.1 Å². The Morgan fingerprint density at radius 1 is 0.900 bits per heavy atom. The van der Waals surface area contributed by atoms with E-state index in [1.165, 1.54) is 11.1 Å². The summed E-state index contributed by atoms with van der Waals surface area (Å²) in [5, 5.41) is 17.5. The van der Waals surface area contributed by atoms with E-state index in [-0.39, 0.29) is 0 Å². The van der Waals surface area contributed by atoms with Crippen molar-refractivity contribution in [3.05, 3.63) is 76.4 Å². The van der Waals surface area contributed by atoms with Crippen molar-refractivity contribution in [2.75, 3.05) is 0 Å². The molecule has 0 radical (unpaired) electrons. The minimum Gasteiger partial charge on any atom is -0.192 e. The first-order valence-corrected chi connectivity index (χ1v) is 6.37. The zero-order chi connectivity index (χ0) is 14.4. The molecule has 2 nitrogen and oxygen atoms in total. The van der Waals surface area contributed by atoms with Crippen molar-refractivity contribution >= 4 is 6.08 Å². The number of nitrogens with zero attached hydrogens (tertiary/aromatic N) is 2. The molecule has 0 aromatic heterocycles. The second-order valence-electron chi connectivity index (χ2n) is 4.71. The number of nitriles is 2. The highest BCUT2D eigenvalue weighted by molar-refractivity contribution is 5.54. The first-order valence-electron chi connectivity index (χ1n) is 6.37. The fraction of sp³-hybridized carbons (Fsp3) is 0.111. The fourth-order valence-electron chi connectivity index (χ4n) is 2.01. The Bertz CT molecular complexity index is 693. The predicted molar refractivity (Wildman–Crippen MR) is 79.7 cm³/mol. The average molecular weight is 258 g/mol. The van der Waals surface area contributed by atoms with E-state index < -0.39 is 0 Å². The summed E-state index contributed by atoms with van der Waals surface area (Å²) in [6.07, 6.45) is 2.96. The minimum absolute atomic E-state index is 0.673. The first kappa shape index (κ1) is 13.6. The molecule has 0 unspecified atom stereocenters. The standard InChI is InChI=1S/C18H14N2/c1-14(10-15-2-6-17(12-19)7-3-15)11-16-4-8-18(13-20)9-5-16/h2-10H,11H2,1H3. The molecule has 0 spiro atoms. The van der Waals surface area contributed by atoms with E-state index in [4.69, 9.17) is 10.5 Å². The van der Waals surface area contributed by atoms with Crippen molar-refractivity contribution in [2.45, 2.75) is 13.3 Å². The van der Waals surface area contributed by atoms with Crippen LogP contribution in [0.25, 0.3) is 6.08 Å². The Balaban J connectivity index is 2.10. The molecule has 0 amide bonds. The third-order valence-corrected chi connectivity index (χ3v) is 3.02. The second-order valence-corrected chi connectivity index (χ2v) is 4.71. The molecule has 2 rings (SSSR count). The third kappa shape index (κ3) is 3.57. The molecule has 0 N–H and O–H groups in total. The van der Waals surface area contributed by atoms with Crippen LogP contribution >= 0.6 is 0 Å². The van der Waals surface area contributed by atoms with Gasteiger partial charge in [-0.1, -0.05) is 35.9 Å². The SMILES string of the molecule is CC(=Cc1ccc(C#N)cc1)Cc1ccc(C#N)cc1. The van der Waals surface area contributed by atoms with Gasteiger partial charge in [-0.15, -0.1) is 0 Å². The van der Waals surface area contributed by atoms with Gasteiger partial charge in [-0.2, -0.15) is 10.5 Å². The van der Waals surface area contributed by atoms with Gasteiger partial charge in [0.1, 0.15) is 0 Å². The topological polar surface area (TPSA) is 47.6 Å². The van der Waals surface area contributed by atoms with Crippen LogP contribution in [0.2, 0.25) is 0 Å². The Morgan fingerprint density at radius 2 is 1.40 bits per heavy atom. The van der Waals surface area contributed by atoms with Crippen molar-refractivity contribution in [1.29, 1.82) is 10.5 Å². The van der Waals surface area contributed by atoms with Crippen LogP contribution in [-0.2, 0) is 6.42 Å². The zero-order valence-corrected chi connectivity index (χ0v) is 11.3. The van der Waals surface area contributed by atoms with Gasteiger partial charge in [0.05, 0.1) is 23.3 Å². The Hall–Kier alpha value is -2.84. The first-order chi connectivity index (χ1) is 9.71. The lowest BCUT2D eigenvalue weighted by molar-refractivity contribution is 1.16. The van der Waals surface area contributed by atoms with E-state index in [0.29, 0.717) is 11.1 Å². The molecule has 96 valence electrons. The molecule has 0 saturated carbocycles. The third-order valence-electron chi connectivity index (χ3n) is 3.02. The molecule has 2 aromatic carbocycles. The lowest BCUT2D eigenvalue weighted by Crippen LogP contribution is -1.87. The Kier molecular flexibility index (Phi) is 4.32. The Labute approximate surface area is 119 Å². The van der Waals surface area contributed by atoms with E-state index >= 15 is 0 Å². The summed E-state index contributed by atoms with van der Waals surface area (Å²) in [5.41, 5.74) is 4.87. The molecule has 0 atom stereocenters. The molecule has 0 aliphatic carbocycles. The number of benzene rings is 2. The van der Waals surface area contributed by atoms with Gasteiger partial charge >= 0.3 is 0 Å². The van der Waals surface area contributed by atoms with Crippen LogP contribution in [0.4, 0.5) is 0 Å². The summed E-state index contributed by atoms with van der Waals surface area (Å²) < 4.78 is 0. The van der Waals surface area contributed by atoms with Gasteiger partial charge in [-0.05, 0) is 48.7 Å². The van der Waals surface area contributed by atoms with E-state index in [0.717, 1.165) is 12.0 Å². The summed E-state index contributed by atoms with van der Waals surface area (Å²) in [5.74, 6) is 0. The van der Waals surface area contributed by atoms with Crippen LogP contribution in [-0.4, -0.2) is 0 Å². The summed E-state index contributed by atoms with van der Waals surface area (Å²) in [6.45, 7) is 2.08. The maximum absolute atomic E-state index is 8.76. The van der Waals surface area contributed by atoms with Crippen molar-refractivity contribution in [1.82, 2.24) is 0 Å². The van der Waals surface area contributed by atoms with Gasteiger partial charge in [0.15, 0.2) is 0 Å². The van der Waals surface area contributed by atoms with Crippen LogP contribution in [0.1, 0.15) is 29.2 Å². The van der Waals surface area contributed by atoms with Crippen LogP contribution in [0, 0.1) is 22.7 Å². The minimum atomic E-state index is 0.673. The van der Waals surface area contributed by atoms with Crippen LogP contribution in [0.15, 0.2) is 54.1 Å². The average Bonchev–Trinajstić information content (AvgIpc) is 2.49. The van der Waals surface area contributed by atoms with E-state index in [9.17, 15) is 0 Å². The molecule has 0 fully saturated rings. The quantitative estimate of drug-likeness (QED) is 0.833. The zero-order valence-electron chi connectivity index (χ0n) is 11.3. The van der Waals surface area contributed by atoms with Crippen molar-refractivity contribution in [2.24, 2.45) is 0 Å². The fourth-order valence-corrected chi connectivity index (χ4v) is 2.01.